The standard InChI is InChI=1S/C32H51BrO8Si/c1-32(2,3)42(30-10-6-4-7-11-30,31-12-8-5-9-13-31)41-29-28-40-27-26-39-25-24-38-23-22-37-21-20-36-19-18-35-17-16-34-15-14-33/h4-13H,14-29H2,1-3H3. The highest BCUT2D eigenvalue weighted by Crippen LogP contribution is 2.36. The smallest absolute Gasteiger partial charge is 0.261 e. The zero-order chi connectivity index (χ0) is 30.2. The number of halogens is 1. The van der Waals surface area contributed by atoms with Gasteiger partial charge in [0.25, 0.3) is 8.32 Å². The maximum Gasteiger partial charge on any atom is 0.261 e. The lowest BCUT2D eigenvalue weighted by Gasteiger charge is -2.43. The van der Waals surface area contributed by atoms with Crippen LogP contribution in [-0.4, -0.2) is 113 Å². The van der Waals surface area contributed by atoms with Crippen molar-refractivity contribution in [3.63, 3.8) is 0 Å². The van der Waals surface area contributed by atoms with Crippen molar-refractivity contribution in [3.05, 3.63) is 60.7 Å². The van der Waals surface area contributed by atoms with E-state index in [1.165, 1.54) is 10.4 Å². The highest BCUT2D eigenvalue weighted by molar-refractivity contribution is 9.09. The van der Waals surface area contributed by atoms with Gasteiger partial charge in [0.05, 0.1) is 99.1 Å². The highest BCUT2D eigenvalue weighted by Gasteiger charge is 2.49. The van der Waals surface area contributed by atoms with Gasteiger partial charge in [-0.2, -0.15) is 0 Å². The fourth-order valence-electron chi connectivity index (χ4n) is 4.49. The van der Waals surface area contributed by atoms with Crippen molar-refractivity contribution in [2.24, 2.45) is 0 Å². The minimum absolute atomic E-state index is 0.0462. The molecule has 0 aliphatic heterocycles. The molecule has 0 unspecified atom stereocenters. The average molecular weight is 672 g/mol. The van der Waals surface area contributed by atoms with Crippen LogP contribution < -0.4 is 10.4 Å². The zero-order valence-electron chi connectivity index (χ0n) is 25.7. The third kappa shape index (κ3) is 14.5. The van der Waals surface area contributed by atoms with Gasteiger partial charge in [-0.15, -0.1) is 0 Å². The van der Waals surface area contributed by atoms with Gasteiger partial charge in [-0.05, 0) is 15.4 Å². The Hall–Kier alpha value is -1.18. The molecule has 0 N–H and O–H groups in total. The molecule has 0 saturated heterocycles. The van der Waals surface area contributed by atoms with Gasteiger partial charge in [-0.3, -0.25) is 0 Å². The van der Waals surface area contributed by atoms with E-state index in [1.54, 1.807) is 0 Å². The maximum absolute atomic E-state index is 6.83. The number of rotatable bonds is 26. The first-order valence-electron chi connectivity index (χ1n) is 14.9. The molecule has 0 spiro atoms. The van der Waals surface area contributed by atoms with Crippen LogP contribution in [0, 0.1) is 0 Å². The molecule has 0 radical (unpaired) electrons. The lowest BCUT2D eigenvalue weighted by molar-refractivity contribution is -0.0209. The summed E-state index contributed by atoms with van der Waals surface area (Å²) in [5, 5.41) is 3.34. The molecule has 238 valence electrons. The van der Waals surface area contributed by atoms with E-state index in [-0.39, 0.29) is 5.04 Å². The Balaban J connectivity index is 1.48. The molecule has 0 aliphatic carbocycles. The minimum Gasteiger partial charge on any atom is -0.405 e. The van der Waals surface area contributed by atoms with Crippen LogP contribution in [0.4, 0.5) is 0 Å². The summed E-state index contributed by atoms with van der Waals surface area (Å²) in [7, 11) is -2.52. The van der Waals surface area contributed by atoms with E-state index in [1.807, 2.05) is 0 Å². The maximum atomic E-state index is 6.83. The van der Waals surface area contributed by atoms with E-state index in [2.05, 4.69) is 97.4 Å². The van der Waals surface area contributed by atoms with Crippen LogP contribution in [0.3, 0.4) is 0 Å². The minimum atomic E-state index is -2.52. The molecule has 42 heavy (non-hydrogen) atoms. The monoisotopic (exact) mass is 670 g/mol. The van der Waals surface area contributed by atoms with Gasteiger partial charge in [0.2, 0.25) is 0 Å². The lowest BCUT2D eigenvalue weighted by Crippen LogP contribution is -2.66. The Labute approximate surface area is 262 Å². The van der Waals surface area contributed by atoms with Gasteiger partial charge >= 0.3 is 0 Å². The summed E-state index contributed by atoms with van der Waals surface area (Å²) in [5.41, 5.74) is 0. The van der Waals surface area contributed by atoms with E-state index in [0.29, 0.717) is 99.1 Å². The van der Waals surface area contributed by atoms with Gasteiger partial charge in [-0.1, -0.05) is 97.4 Å². The molecule has 10 heteroatoms. The molecule has 0 heterocycles. The first-order chi connectivity index (χ1) is 20.5. The number of hydrogen-bond donors (Lipinski definition) is 0. The van der Waals surface area contributed by atoms with Crippen LogP contribution in [0.25, 0.3) is 0 Å². The first-order valence-corrected chi connectivity index (χ1v) is 17.9. The van der Waals surface area contributed by atoms with E-state index < -0.39 is 8.32 Å². The molecule has 2 aromatic rings. The van der Waals surface area contributed by atoms with Gasteiger partial charge in [-0.25, -0.2) is 0 Å². The summed E-state index contributed by atoms with van der Waals surface area (Å²) < 4.78 is 45.5. The zero-order valence-corrected chi connectivity index (χ0v) is 28.3. The molecular formula is C32H51BrO8Si. The summed E-state index contributed by atoms with van der Waals surface area (Å²) in [6.07, 6.45) is 0. The Kier molecular flexibility index (Phi) is 20.5. The molecule has 0 atom stereocenters. The fourth-order valence-corrected chi connectivity index (χ4v) is 9.27. The molecule has 0 amide bonds. The number of alkyl halides is 1. The van der Waals surface area contributed by atoms with Crippen molar-refractivity contribution < 1.29 is 37.6 Å². The molecule has 0 bridgehead atoms. The van der Waals surface area contributed by atoms with E-state index >= 15 is 0 Å². The molecule has 0 aromatic heterocycles. The summed E-state index contributed by atoms with van der Waals surface area (Å²) in [6.45, 7) is 15.1. The molecule has 0 aliphatic rings. The average Bonchev–Trinajstić information content (AvgIpc) is 3.00. The van der Waals surface area contributed by atoms with E-state index in [0.717, 1.165) is 5.33 Å². The van der Waals surface area contributed by atoms with Crippen molar-refractivity contribution in [1.82, 2.24) is 0 Å². The molecule has 8 nitrogen and oxygen atoms in total. The summed E-state index contributed by atoms with van der Waals surface area (Å²) in [4.78, 5) is 0. The van der Waals surface area contributed by atoms with Crippen molar-refractivity contribution in [1.29, 1.82) is 0 Å². The Morgan fingerprint density at radius 2 is 0.738 bits per heavy atom. The number of benzene rings is 2. The van der Waals surface area contributed by atoms with Gasteiger partial charge in [0, 0.05) is 5.33 Å². The van der Waals surface area contributed by atoms with Crippen molar-refractivity contribution in [3.8, 4) is 0 Å². The van der Waals surface area contributed by atoms with Crippen molar-refractivity contribution in [2.45, 2.75) is 25.8 Å². The quantitative estimate of drug-likeness (QED) is 0.0843. The summed E-state index contributed by atoms with van der Waals surface area (Å²) >= 11 is 3.31. The molecule has 0 fully saturated rings. The second kappa shape index (κ2) is 23.2. The van der Waals surface area contributed by atoms with E-state index in [9.17, 15) is 0 Å². The van der Waals surface area contributed by atoms with E-state index in [4.69, 9.17) is 37.6 Å². The second-order valence-corrected chi connectivity index (χ2v) is 15.6. The number of ether oxygens (including phenoxy) is 7. The third-order valence-electron chi connectivity index (χ3n) is 6.42. The Bertz CT molecular complexity index is 846. The van der Waals surface area contributed by atoms with Crippen LogP contribution >= 0.6 is 15.9 Å². The molecule has 2 aromatic carbocycles. The Morgan fingerprint density at radius 1 is 0.452 bits per heavy atom. The molecule has 0 saturated carbocycles. The normalized spacial score (nSPS) is 12.2. The van der Waals surface area contributed by atoms with Crippen LogP contribution in [-0.2, 0) is 37.6 Å². The highest BCUT2D eigenvalue weighted by atomic mass is 79.9. The predicted molar refractivity (Wildman–Crippen MR) is 173 cm³/mol. The van der Waals surface area contributed by atoms with Crippen LogP contribution in [0.1, 0.15) is 20.8 Å². The second-order valence-electron chi connectivity index (χ2n) is 10.5. The fraction of sp³-hybridized carbons (Fsp3) is 0.625. The van der Waals surface area contributed by atoms with Crippen LogP contribution in [0.2, 0.25) is 5.04 Å². The van der Waals surface area contributed by atoms with Crippen molar-refractivity contribution in [2.75, 3.05) is 104 Å². The van der Waals surface area contributed by atoms with Gasteiger partial charge in [0.15, 0.2) is 0 Å². The van der Waals surface area contributed by atoms with Crippen molar-refractivity contribution >= 4 is 34.6 Å². The first kappa shape index (κ1) is 37.0. The Morgan fingerprint density at radius 3 is 1.02 bits per heavy atom. The topological polar surface area (TPSA) is 73.8 Å². The lowest BCUT2D eigenvalue weighted by atomic mass is 10.2. The largest absolute Gasteiger partial charge is 0.405 e. The SMILES string of the molecule is CC(C)(C)[Si](OCCOCCOCCOCCOCCOCCOCCOCCBr)(c1ccccc1)c1ccccc1. The third-order valence-corrected chi connectivity index (χ3v) is 11.8. The van der Waals surface area contributed by atoms with Gasteiger partial charge in [0.1, 0.15) is 0 Å². The summed E-state index contributed by atoms with van der Waals surface area (Å²) in [5.74, 6) is 0. The summed E-state index contributed by atoms with van der Waals surface area (Å²) in [6, 6.07) is 21.3. The predicted octanol–water partition coefficient (Wildman–Crippen LogP) is 4.07. The molecular weight excluding hydrogens is 620 g/mol. The number of hydrogen-bond acceptors (Lipinski definition) is 8. The van der Waals surface area contributed by atoms with Crippen LogP contribution in [0.15, 0.2) is 60.7 Å². The van der Waals surface area contributed by atoms with Gasteiger partial charge < -0.3 is 37.6 Å². The molecule has 2 rings (SSSR count). The van der Waals surface area contributed by atoms with Crippen LogP contribution in [0.5, 0.6) is 0 Å².